The first-order chi connectivity index (χ1) is 23.2. The topological polar surface area (TPSA) is 94.5 Å². The lowest BCUT2D eigenvalue weighted by Crippen LogP contribution is -2.41. The molecule has 16 heteroatoms. The molecule has 5 rings (SSSR count). The van der Waals surface area contributed by atoms with Crippen molar-refractivity contribution in [2.24, 2.45) is 24.3 Å². The van der Waals surface area contributed by atoms with Gasteiger partial charge in [0.2, 0.25) is 11.9 Å². The number of halogens is 8. The quantitative estimate of drug-likeness (QED) is 0.136. The van der Waals surface area contributed by atoms with Crippen LogP contribution in [0.4, 0.5) is 43.7 Å². The second kappa shape index (κ2) is 14.6. The van der Waals surface area contributed by atoms with E-state index in [9.17, 15) is 36.2 Å². The maximum atomic E-state index is 13.5. The summed E-state index contributed by atoms with van der Waals surface area (Å²) in [5, 5.41) is 21.1. The van der Waals surface area contributed by atoms with Crippen LogP contribution in [0.3, 0.4) is 0 Å². The van der Waals surface area contributed by atoms with Crippen molar-refractivity contribution in [1.29, 1.82) is 0 Å². The molecule has 2 aromatic carbocycles. The van der Waals surface area contributed by atoms with E-state index >= 15 is 0 Å². The zero-order chi connectivity index (χ0) is 36.8. The molecule has 2 aliphatic rings. The number of aliphatic hydroxyl groups excluding tert-OH is 1. The number of anilines is 3. The summed E-state index contributed by atoms with van der Waals surface area (Å²) < 4.78 is 82.0. The summed E-state index contributed by atoms with van der Waals surface area (Å²) in [5.74, 6) is -2.65. The Kier molecular flexibility index (Phi) is 11.2. The van der Waals surface area contributed by atoms with E-state index in [2.05, 4.69) is 16.0 Å². The Morgan fingerprint density at radius 2 is 1.56 bits per heavy atom. The fraction of sp³-hybridized carbons (Fsp3) is 0.588. The van der Waals surface area contributed by atoms with Crippen LogP contribution in [-0.2, 0) is 18.4 Å². The molecule has 0 bridgehead atoms. The molecule has 1 aliphatic carbocycles. The minimum absolute atomic E-state index is 0.0602. The maximum Gasteiger partial charge on any atom is 0.391 e. The summed E-state index contributed by atoms with van der Waals surface area (Å²) in [5.41, 5.74) is 2.27. The molecule has 1 atom stereocenters. The summed E-state index contributed by atoms with van der Waals surface area (Å²) in [4.78, 5) is 19.0. The number of hydrogen-bond donors (Lipinski definition) is 4. The second-order valence-electron chi connectivity index (χ2n) is 14.3. The van der Waals surface area contributed by atoms with Crippen LogP contribution in [0.25, 0.3) is 11.0 Å². The predicted octanol–water partition coefficient (Wildman–Crippen LogP) is 8.77. The van der Waals surface area contributed by atoms with E-state index in [1.54, 1.807) is 61.6 Å². The lowest BCUT2D eigenvalue weighted by molar-refractivity contribution is -0.183. The minimum Gasteiger partial charge on any atom is -0.374 e. The lowest BCUT2D eigenvalue weighted by atomic mass is 9.85. The Bertz CT molecular complexity index is 1690. The van der Waals surface area contributed by atoms with Crippen molar-refractivity contribution in [1.82, 2.24) is 20.2 Å². The highest BCUT2D eigenvalue weighted by molar-refractivity contribution is 6.39. The molecule has 1 aromatic heterocycles. The summed E-state index contributed by atoms with van der Waals surface area (Å²) >= 11 is 13.3. The molecule has 1 aliphatic heterocycles. The van der Waals surface area contributed by atoms with Crippen LogP contribution in [-0.4, -0.2) is 52.0 Å². The van der Waals surface area contributed by atoms with Crippen molar-refractivity contribution in [3.8, 4) is 0 Å². The molecule has 4 N–H and O–H groups in total. The van der Waals surface area contributed by atoms with E-state index in [4.69, 9.17) is 28.2 Å². The fourth-order valence-electron chi connectivity index (χ4n) is 6.60. The number of piperidine rings is 1. The third-order valence-corrected chi connectivity index (χ3v) is 10.5. The van der Waals surface area contributed by atoms with Crippen LogP contribution in [0.15, 0.2) is 24.3 Å². The first kappa shape index (κ1) is 38.3. The first-order valence-corrected chi connectivity index (χ1v) is 17.3. The van der Waals surface area contributed by atoms with Gasteiger partial charge < -0.3 is 25.2 Å². The summed E-state index contributed by atoms with van der Waals surface area (Å²) in [6.45, 7) is 5.73. The van der Waals surface area contributed by atoms with Gasteiger partial charge in [-0.2, -0.15) is 26.3 Å². The van der Waals surface area contributed by atoms with E-state index in [1.807, 2.05) is 0 Å². The lowest BCUT2D eigenvalue weighted by Gasteiger charge is -2.37. The number of alkyl halides is 6. The first-order valence-electron chi connectivity index (χ1n) is 16.6. The van der Waals surface area contributed by atoms with Gasteiger partial charge in [-0.05, 0) is 62.3 Å². The van der Waals surface area contributed by atoms with Gasteiger partial charge in [0.15, 0.2) is 0 Å². The monoisotopic (exact) mass is 750 g/mol. The standard InChI is InChI=1S/C34H42Cl2F6N6O2/c1-32(2,3)30(50)43-17-18-5-10-23(35)28(27(18)36)46-31-45-24-15-22(29(49)44-21-8-6-19(7-9-21)33(37,38)39)25(16-26(24)47(31)4)48-13-11-20(12-14-48)34(40,41)42/h5,10,15-16,19-21,29,44,49H,6-9,11-14,17H2,1-4H3,(H,43,50)(H,45,46)/t19-,21-,29?. The normalized spacial score (nSPS) is 20.3. The molecular formula is C34H42Cl2F6N6O2. The predicted molar refractivity (Wildman–Crippen MR) is 183 cm³/mol. The fourth-order valence-corrected chi connectivity index (χ4v) is 7.13. The van der Waals surface area contributed by atoms with Gasteiger partial charge in [-0.1, -0.05) is 50.0 Å². The van der Waals surface area contributed by atoms with Gasteiger partial charge in [0.1, 0.15) is 6.23 Å². The smallest absolute Gasteiger partial charge is 0.374 e. The van der Waals surface area contributed by atoms with Crippen LogP contribution in [0.5, 0.6) is 0 Å². The SMILES string of the molecule is Cn1c(Nc2c(Cl)ccc(CNC(=O)C(C)(C)C)c2Cl)nc2cc(C(O)N[C@H]3CC[C@H](C(F)(F)F)CC3)c(N3CCC(C(F)(F)F)CC3)cc21. The van der Waals surface area contributed by atoms with E-state index in [0.29, 0.717) is 44.5 Å². The average Bonchev–Trinajstić information content (AvgIpc) is 3.34. The number of nitrogens with zero attached hydrogens (tertiary/aromatic N) is 3. The van der Waals surface area contributed by atoms with Crippen LogP contribution in [0.2, 0.25) is 10.0 Å². The Balaban J connectivity index is 1.45. The number of fused-ring (bicyclic) bond motifs is 1. The van der Waals surface area contributed by atoms with Crippen molar-refractivity contribution in [3.63, 3.8) is 0 Å². The summed E-state index contributed by atoms with van der Waals surface area (Å²) in [6, 6.07) is 6.37. The van der Waals surface area contributed by atoms with Crippen molar-refractivity contribution in [2.75, 3.05) is 23.3 Å². The van der Waals surface area contributed by atoms with Gasteiger partial charge in [-0.25, -0.2) is 4.98 Å². The molecule has 1 amide bonds. The number of aromatic nitrogens is 2. The Morgan fingerprint density at radius 3 is 2.14 bits per heavy atom. The van der Waals surface area contributed by atoms with Crippen molar-refractivity contribution in [3.05, 3.63) is 45.4 Å². The number of nitrogens with one attached hydrogen (secondary N) is 3. The Hall–Kier alpha value is -2.94. The molecule has 3 aromatic rings. The molecule has 276 valence electrons. The molecule has 1 saturated heterocycles. The minimum atomic E-state index is -4.31. The number of carbonyl (C=O) groups is 1. The Labute approximate surface area is 296 Å². The highest BCUT2D eigenvalue weighted by Gasteiger charge is 2.43. The van der Waals surface area contributed by atoms with Crippen LogP contribution >= 0.6 is 23.2 Å². The maximum absolute atomic E-state index is 13.5. The van der Waals surface area contributed by atoms with Crippen LogP contribution in [0, 0.1) is 17.3 Å². The number of rotatable bonds is 8. The number of amides is 1. The molecule has 8 nitrogen and oxygen atoms in total. The number of benzene rings is 2. The molecular weight excluding hydrogens is 709 g/mol. The van der Waals surface area contributed by atoms with Crippen LogP contribution < -0.4 is 20.9 Å². The highest BCUT2D eigenvalue weighted by Crippen LogP contribution is 2.41. The summed E-state index contributed by atoms with van der Waals surface area (Å²) in [6.07, 6.45) is -9.82. The van der Waals surface area contributed by atoms with Gasteiger partial charge in [0.05, 0.1) is 38.6 Å². The van der Waals surface area contributed by atoms with Gasteiger partial charge >= 0.3 is 12.4 Å². The van der Waals surface area contributed by atoms with Gasteiger partial charge in [-0.3, -0.25) is 10.1 Å². The molecule has 1 saturated carbocycles. The largest absolute Gasteiger partial charge is 0.391 e. The van der Waals surface area contributed by atoms with E-state index in [1.165, 1.54) is 0 Å². The molecule has 2 heterocycles. The van der Waals surface area contributed by atoms with Gasteiger partial charge in [0, 0.05) is 49.4 Å². The zero-order valence-corrected chi connectivity index (χ0v) is 29.7. The second-order valence-corrected chi connectivity index (χ2v) is 15.1. The Morgan fingerprint density at radius 1 is 0.960 bits per heavy atom. The van der Waals surface area contributed by atoms with E-state index in [0.717, 1.165) is 0 Å². The third-order valence-electron chi connectivity index (χ3n) is 9.73. The van der Waals surface area contributed by atoms with E-state index in [-0.39, 0.29) is 75.1 Å². The summed E-state index contributed by atoms with van der Waals surface area (Å²) in [7, 11) is 1.74. The van der Waals surface area contributed by atoms with Crippen molar-refractivity contribution >= 4 is 57.5 Å². The average molecular weight is 752 g/mol. The van der Waals surface area contributed by atoms with E-state index < -0.39 is 35.8 Å². The van der Waals surface area contributed by atoms with Crippen molar-refractivity contribution in [2.45, 2.75) is 90.5 Å². The number of aryl methyl sites for hydroxylation is 1. The molecule has 2 fully saturated rings. The number of imidazole rings is 1. The number of aliphatic hydroxyl groups is 1. The molecule has 1 unspecified atom stereocenters. The van der Waals surface area contributed by atoms with Gasteiger partial charge in [0.25, 0.3) is 0 Å². The molecule has 0 spiro atoms. The zero-order valence-electron chi connectivity index (χ0n) is 28.2. The highest BCUT2D eigenvalue weighted by atomic mass is 35.5. The molecule has 50 heavy (non-hydrogen) atoms. The number of hydrogen-bond acceptors (Lipinski definition) is 6. The van der Waals surface area contributed by atoms with Crippen molar-refractivity contribution < 1.29 is 36.2 Å². The van der Waals surface area contributed by atoms with Crippen LogP contribution in [0.1, 0.15) is 76.7 Å². The molecule has 0 radical (unpaired) electrons. The van der Waals surface area contributed by atoms with Gasteiger partial charge in [-0.15, -0.1) is 0 Å². The third kappa shape index (κ3) is 8.56. The number of carbonyl (C=O) groups excluding carboxylic acids is 1.